The Hall–Kier alpha value is -0.160. The van der Waals surface area contributed by atoms with Crippen molar-refractivity contribution in [3.05, 3.63) is 0 Å². The van der Waals surface area contributed by atoms with E-state index in [1.807, 2.05) is 0 Å². The summed E-state index contributed by atoms with van der Waals surface area (Å²) in [7, 11) is 2.27. The molecule has 3 saturated heterocycles. The van der Waals surface area contributed by atoms with E-state index in [9.17, 15) is 0 Å². The van der Waals surface area contributed by atoms with Crippen LogP contribution in [-0.2, 0) is 4.74 Å². The van der Waals surface area contributed by atoms with Crippen LogP contribution in [0.5, 0.6) is 0 Å². The van der Waals surface area contributed by atoms with E-state index < -0.39 is 0 Å². The first-order valence-electron chi connectivity index (χ1n) is 7.03. The van der Waals surface area contributed by atoms with Crippen LogP contribution in [0.25, 0.3) is 0 Å². The van der Waals surface area contributed by atoms with E-state index in [1.54, 1.807) is 0 Å². The van der Waals surface area contributed by atoms with E-state index in [1.165, 1.54) is 38.8 Å². The lowest BCUT2D eigenvalue weighted by molar-refractivity contribution is 0.0444. The van der Waals surface area contributed by atoms with E-state index in [-0.39, 0.29) is 5.54 Å². The Labute approximate surface area is 104 Å². The average molecular weight is 239 g/mol. The summed E-state index contributed by atoms with van der Waals surface area (Å²) in [5.41, 5.74) is 6.40. The second-order valence-electron chi connectivity index (χ2n) is 5.88. The van der Waals surface area contributed by atoms with Gasteiger partial charge in [0.15, 0.2) is 0 Å². The van der Waals surface area contributed by atoms with Crippen LogP contribution in [0.1, 0.15) is 25.7 Å². The topological polar surface area (TPSA) is 41.7 Å². The molecular weight excluding hydrogens is 214 g/mol. The van der Waals surface area contributed by atoms with Crippen molar-refractivity contribution in [1.29, 1.82) is 0 Å². The lowest BCUT2D eigenvalue weighted by Gasteiger charge is -2.45. The largest absolute Gasteiger partial charge is 0.380 e. The molecule has 0 radical (unpaired) electrons. The molecule has 0 aromatic heterocycles. The number of hydrogen-bond donors (Lipinski definition) is 1. The highest BCUT2D eigenvalue weighted by Gasteiger charge is 2.52. The number of fused-ring (bicyclic) bond motifs is 1. The first kappa shape index (κ1) is 11.9. The molecule has 3 atom stereocenters. The Morgan fingerprint density at radius 2 is 2.29 bits per heavy atom. The second kappa shape index (κ2) is 4.50. The van der Waals surface area contributed by atoms with Crippen LogP contribution in [-0.4, -0.2) is 67.3 Å². The van der Waals surface area contributed by atoms with Crippen LogP contribution in [0, 0.1) is 0 Å². The minimum Gasteiger partial charge on any atom is -0.380 e. The molecule has 3 heterocycles. The predicted octanol–water partition coefficient (Wildman–Crippen LogP) is 0.273. The molecule has 3 aliphatic rings. The third kappa shape index (κ3) is 1.73. The molecule has 0 spiro atoms. The summed E-state index contributed by atoms with van der Waals surface area (Å²) >= 11 is 0. The number of ether oxygens (including phenoxy) is 1. The standard InChI is InChI=1S/C13H25N3O/c1-15(11-4-8-17-9-11)13(10-14)5-7-16-6-2-3-12(13)16/h11-12H,2-10,14H2,1H3. The van der Waals surface area contributed by atoms with Crippen molar-refractivity contribution in [3.8, 4) is 0 Å². The lowest BCUT2D eigenvalue weighted by atomic mass is 9.85. The predicted molar refractivity (Wildman–Crippen MR) is 68.0 cm³/mol. The molecule has 3 fully saturated rings. The van der Waals surface area contributed by atoms with Crippen molar-refractivity contribution in [2.45, 2.75) is 43.3 Å². The van der Waals surface area contributed by atoms with Crippen LogP contribution >= 0.6 is 0 Å². The van der Waals surface area contributed by atoms with Crippen LogP contribution in [0.4, 0.5) is 0 Å². The molecular formula is C13H25N3O. The first-order chi connectivity index (χ1) is 8.28. The monoisotopic (exact) mass is 239 g/mol. The molecule has 3 aliphatic heterocycles. The fourth-order valence-electron chi connectivity index (χ4n) is 4.19. The summed E-state index contributed by atoms with van der Waals surface area (Å²) < 4.78 is 5.54. The van der Waals surface area contributed by atoms with Gasteiger partial charge in [0.1, 0.15) is 0 Å². The summed E-state index contributed by atoms with van der Waals surface area (Å²) in [5.74, 6) is 0. The highest BCUT2D eigenvalue weighted by atomic mass is 16.5. The van der Waals surface area contributed by atoms with Gasteiger partial charge in [-0.3, -0.25) is 9.80 Å². The minimum absolute atomic E-state index is 0.217. The first-order valence-corrected chi connectivity index (χ1v) is 7.03. The Kier molecular flexibility index (Phi) is 3.15. The van der Waals surface area contributed by atoms with Crippen molar-refractivity contribution in [1.82, 2.24) is 9.80 Å². The molecule has 0 aliphatic carbocycles. The average Bonchev–Trinajstić information content (AvgIpc) is 3.06. The second-order valence-corrected chi connectivity index (χ2v) is 5.88. The summed E-state index contributed by atoms with van der Waals surface area (Å²) in [5, 5.41) is 0. The number of nitrogens with zero attached hydrogens (tertiary/aromatic N) is 2. The van der Waals surface area contributed by atoms with Crippen LogP contribution in [0.15, 0.2) is 0 Å². The van der Waals surface area contributed by atoms with E-state index >= 15 is 0 Å². The van der Waals surface area contributed by atoms with Gasteiger partial charge in [-0.2, -0.15) is 0 Å². The minimum atomic E-state index is 0.217. The SMILES string of the molecule is CN(C1CCOC1)C1(CN)CCN2CCCC21. The fourth-order valence-corrected chi connectivity index (χ4v) is 4.19. The molecule has 0 amide bonds. The molecule has 3 rings (SSSR count). The summed E-state index contributed by atoms with van der Waals surface area (Å²) in [6.07, 6.45) is 5.09. The third-order valence-corrected chi connectivity index (χ3v) is 5.33. The zero-order valence-electron chi connectivity index (χ0n) is 10.9. The molecule has 17 heavy (non-hydrogen) atoms. The zero-order chi connectivity index (χ0) is 11.9. The molecule has 0 bridgehead atoms. The van der Waals surface area contributed by atoms with Gasteiger partial charge in [-0.25, -0.2) is 0 Å². The lowest BCUT2D eigenvalue weighted by Crippen LogP contribution is -2.61. The maximum Gasteiger partial charge on any atom is 0.0622 e. The Morgan fingerprint density at radius 1 is 1.41 bits per heavy atom. The van der Waals surface area contributed by atoms with Gasteiger partial charge in [-0.1, -0.05) is 0 Å². The van der Waals surface area contributed by atoms with Crippen molar-refractivity contribution in [3.63, 3.8) is 0 Å². The van der Waals surface area contributed by atoms with E-state index in [0.717, 1.165) is 19.8 Å². The summed E-state index contributed by atoms with van der Waals surface area (Å²) in [4.78, 5) is 5.22. The Balaban J connectivity index is 1.80. The molecule has 0 aromatic carbocycles. The van der Waals surface area contributed by atoms with Gasteiger partial charge in [0.2, 0.25) is 0 Å². The maximum absolute atomic E-state index is 6.18. The third-order valence-electron chi connectivity index (χ3n) is 5.33. The molecule has 3 unspecified atom stereocenters. The fraction of sp³-hybridized carbons (Fsp3) is 1.00. The molecule has 2 N–H and O–H groups in total. The van der Waals surface area contributed by atoms with Crippen molar-refractivity contribution in [2.75, 3.05) is 39.9 Å². The Morgan fingerprint density at radius 3 is 3.00 bits per heavy atom. The van der Waals surface area contributed by atoms with Crippen molar-refractivity contribution >= 4 is 0 Å². The highest BCUT2D eigenvalue weighted by Crippen LogP contribution is 2.40. The molecule has 0 saturated carbocycles. The molecule has 4 heteroatoms. The summed E-state index contributed by atoms with van der Waals surface area (Å²) in [6, 6.07) is 1.28. The van der Waals surface area contributed by atoms with Gasteiger partial charge in [0, 0.05) is 37.3 Å². The van der Waals surface area contributed by atoms with E-state index in [4.69, 9.17) is 10.5 Å². The van der Waals surface area contributed by atoms with Gasteiger partial charge < -0.3 is 10.5 Å². The number of likely N-dealkylation sites (N-methyl/N-ethyl adjacent to an activating group) is 1. The normalized spacial score (nSPS) is 42.5. The molecule has 98 valence electrons. The van der Waals surface area contributed by atoms with Crippen molar-refractivity contribution < 1.29 is 4.74 Å². The maximum atomic E-state index is 6.18. The van der Waals surface area contributed by atoms with Crippen LogP contribution < -0.4 is 5.73 Å². The van der Waals surface area contributed by atoms with Gasteiger partial charge in [-0.15, -0.1) is 0 Å². The Bertz CT molecular complexity index is 280. The zero-order valence-corrected chi connectivity index (χ0v) is 10.9. The summed E-state index contributed by atoms with van der Waals surface area (Å²) in [6.45, 7) is 5.12. The quantitative estimate of drug-likeness (QED) is 0.768. The van der Waals surface area contributed by atoms with Crippen molar-refractivity contribution in [2.24, 2.45) is 5.73 Å². The van der Waals surface area contributed by atoms with Gasteiger partial charge in [0.05, 0.1) is 6.61 Å². The van der Waals surface area contributed by atoms with Crippen LogP contribution in [0.3, 0.4) is 0 Å². The van der Waals surface area contributed by atoms with E-state index in [2.05, 4.69) is 16.8 Å². The number of nitrogens with two attached hydrogens (primary N) is 1. The van der Waals surface area contributed by atoms with Gasteiger partial charge in [0.25, 0.3) is 0 Å². The van der Waals surface area contributed by atoms with E-state index in [0.29, 0.717) is 12.1 Å². The van der Waals surface area contributed by atoms with Gasteiger partial charge in [-0.05, 0) is 39.3 Å². The van der Waals surface area contributed by atoms with Gasteiger partial charge >= 0.3 is 0 Å². The molecule has 0 aromatic rings. The molecule has 4 nitrogen and oxygen atoms in total. The van der Waals surface area contributed by atoms with Crippen LogP contribution in [0.2, 0.25) is 0 Å². The highest BCUT2D eigenvalue weighted by molar-refractivity contribution is 5.10. The smallest absolute Gasteiger partial charge is 0.0622 e. The number of rotatable bonds is 3. The number of hydrogen-bond acceptors (Lipinski definition) is 4.